The molecular weight excluding hydrogens is 396 g/mol. The summed E-state index contributed by atoms with van der Waals surface area (Å²) < 4.78 is 0. The molecule has 9 heteroatoms. The molecule has 2 amide bonds. The number of nitrogens with zero attached hydrogens (tertiary/aromatic N) is 1. The quantitative estimate of drug-likeness (QED) is 0.375. The van der Waals surface area contributed by atoms with E-state index in [0.29, 0.717) is 5.70 Å². The van der Waals surface area contributed by atoms with Gasteiger partial charge in [0.05, 0.1) is 4.92 Å². The van der Waals surface area contributed by atoms with Gasteiger partial charge in [0.2, 0.25) is 5.91 Å². The lowest BCUT2D eigenvalue weighted by atomic mass is 10.1. The molecule has 2 rings (SSSR count). The molecule has 0 aliphatic carbocycles. The molecule has 0 aliphatic rings. The molecule has 2 aromatic rings. The highest BCUT2D eigenvalue weighted by molar-refractivity contribution is 6.33. The van der Waals surface area contributed by atoms with Crippen molar-refractivity contribution in [2.45, 2.75) is 27.7 Å². The molecule has 0 saturated heterocycles. The van der Waals surface area contributed by atoms with E-state index in [9.17, 15) is 19.7 Å². The smallest absolute Gasteiger partial charge is 0.287 e. The average molecular weight is 417 g/mol. The third-order valence-corrected chi connectivity index (χ3v) is 4.36. The fraction of sp³-hybridized carbons (Fsp3) is 0.200. The molecule has 0 aliphatic heterocycles. The minimum absolute atomic E-state index is 0.135. The number of aryl methyl sites for hydroxylation is 3. The van der Waals surface area contributed by atoms with E-state index in [1.165, 1.54) is 18.2 Å². The van der Waals surface area contributed by atoms with E-state index in [4.69, 9.17) is 11.6 Å². The number of rotatable bonds is 6. The van der Waals surface area contributed by atoms with Crippen LogP contribution in [-0.2, 0) is 4.79 Å². The topological polar surface area (TPSA) is 113 Å². The molecule has 0 fully saturated rings. The molecule has 0 bridgehead atoms. The highest BCUT2D eigenvalue weighted by Crippen LogP contribution is 2.25. The van der Waals surface area contributed by atoms with Crippen LogP contribution in [0, 0.1) is 30.9 Å². The number of halogens is 1. The van der Waals surface area contributed by atoms with E-state index in [-0.39, 0.29) is 22.2 Å². The van der Waals surface area contributed by atoms with Crippen LogP contribution in [0.3, 0.4) is 0 Å². The maximum atomic E-state index is 12.3. The third kappa shape index (κ3) is 5.79. The molecule has 0 atom stereocenters. The van der Waals surface area contributed by atoms with Gasteiger partial charge in [0.25, 0.3) is 11.6 Å². The lowest BCUT2D eigenvalue weighted by Crippen LogP contribution is -2.36. The van der Waals surface area contributed by atoms with Crippen molar-refractivity contribution < 1.29 is 14.5 Å². The van der Waals surface area contributed by atoms with Gasteiger partial charge in [-0.15, -0.1) is 0 Å². The Morgan fingerprint density at radius 1 is 1.07 bits per heavy atom. The van der Waals surface area contributed by atoms with Crippen molar-refractivity contribution in [2.24, 2.45) is 0 Å². The number of nitro benzene ring substituents is 1. The first-order chi connectivity index (χ1) is 13.6. The Morgan fingerprint density at radius 2 is 1.69 bits per heavy atom. The molecule has 3 N–H and O–H groups in total. The summed E-state index contributed by atoms with van der Waals surface area (Å²) in [6.07, 6.45) is 1.31. The van der Waals surface area contributed by atoms with Gasteiger partial charge in [0, 0.05) is 29.1 Å². The SMILES string of the molecule is CC(=CC(=O)Nc1c(C)cc(C)cc1C)NNC(=O)c1ccc([N+](=O)[O-])c(Cl)c1. The molecule has 0 spiro atoms. The molecular formula is C20H21ClN4O4. The lowest BCUT2D eigenvalue weighted by Gasteiger charge is -2.12. The molecule has 2 aromatic carbocycles. The number of anilines is 1. The minimum atomic E-state index is -0.634. The fourth-order valence-electron chi connectivity index (χ4n) is 2.79. The summed E-state index contributed by atoms with van der Waals surface area (Å²) in [7, 11) is 0. The Labute approximate surface area is 173 Å². The van der Waals surface area contributed by atoms with Crippen LogP contribution in [0.2, 0.25) is 5.02 Å². The zero-order chi connectivity index (χ0) is 21.7. The summed E-state index contributed by atoms with van der Waals surface area (Å²) in [5.74, 6) is -0.905. The number of hydrogen-bond acceptors (Lipinski definition) is 5. The first kappa shape index (κ1) is 21.9. The van der Waals surface area contributed by atoms with Crippen LogP contribution in [0.25, 0.3) is 0 Å². The normalized spacial score (nSPS) is 11.0. The summed E-state index contributed by atoms with van der Waals surface area (Å²) in [6.45, 7) is 7.43. The molecule has 0 heterocycles. The maximum absolute atomic E-state index is 12.3. The Kier molecular flexibility index (Phi) is 6.95. The van der Waals surface area contributed by atoms with Crippen molar-refractivity contribution in [3.05, 3.63) is 79.5 Å². The highest BCUT2D eigenvalue weighted by atomic mass is 35.5. The number of nitrogens with one attached hydrogen (secondary N) is 3. The van der Waals surface area contributed by atoms with Crippen LogP contribution in [0.1, 0.15) is 34.0 Å². The minimum Gasteiger partial charge on any atom is -0.322 e. The van der Waals surface area contributed by atoms with Gasteiger partial charge in [-0.05, 0) is 51.0 Å². The van der Waals surface area contributed by atoms with Gasteiger partial charge in [-0.1, -0.05) is 29.3 Å². The number of hydrogen-bond donors (Lipinski definition) is 3. The van der Waals surface area contributed by atoms with Crippen LogP contribution in [0.5, 0.6) is 0 Å². The monoisotopic (exact) mass is 416 g/mol. The van der Waals surface area contributed by atoms with Crippen molar-refractivity contribution in [1.29, 1.82) is 0 Å². The van der Waals surface area contributed by atoms with Crippen LogP contribution >= 0.6 is 11.6 Å². The van der Waals surface area contributed by atoms with E-state index in [2.05, 4.69) is 16.2 Å². The molecule has 152 valence electrons. The van der Waals surface area contributed by atoms with Gasteiger partial charge in [0.15, 0.2) is 0 Å². The number of nitro groups is 1. The van der Waals surface area contributed by atoms with E-state index >= 15 is 0 Å². The molecule has 0 aromatic heterocycles. The van der Waals surface area contributed by atoms with Gasteiger partial charge in [-0.25, -0.2) is 0 Å². The van der Waals surface area contributed by atoms with Crippen molar-refractivity contribution in [3.63, 3.8) is 0 Å². The van der Waals surface area contributed by atoms with Crippen LogP contribution in [-0.4, -0.2) is 16.7 Å². The summed E-state index contributed by atoms with van der Waals surface area (Å²) in [5.41, 5.74) is 9.04. The number of carbonyl (C=O) groups is 2. The zero-order valence-corrected chi connectivity index (χ0v) is 17.2. The predicted octanol–water partition coefficient (Wildman–Crippen LogP) is 3.95. The number of carbonyl (C=O) groups excluding carboxylic acids is 2. The van der Waals surface area contributed by atoms with Gasteiger partial charge >= 0.3 is 0 Å². The number of benzene rings is 2. The lowest BCUT2D eigenvalue weighted by molar-refractivity contribution is -0.384. The fourth-order valence-corrected chi connectivity index (χ4v) is 3.04. The van der Waals surface area contributed by atoms with E-state index < -0.39 is 10.8 Å². The van der Waals surface area contributed by atoms with Gasteiger partial charge in [0.1, 0.15) is 5.02 Å². The van der Waals surface area contributed by atoms with Crippen LogP contribution in [0.4, 0.5) is 11.4 Å². The second kappa shape index (κ2) is 9.20. The number of hydrazine groups is 1. The Balaban J connectivity index is 1.99. The van der Waals surface area contributed by atoms with Crippen molar-refractivity contribution in [3.8, 4) is 0 Å². The molecule has 0 radical (unpaired) electrons. The summed E-state index contributed by atoms with van der Waals surface area (Å²) in [6, 6.07) is 7.60. The van der Waals surface area contributed by atoms with E-state index in [1.807, 2.05) is 32.9 Å². The van der Waals surface area contributed by atoms with Crippen molar-refractivity contribution >= 4 is 34.8 Å². The van der Waals surface area contributed by atoms with Crippen LogP contribution < -0.4 is 16.2 Å². The second-order valence-corrected chi connectivity index (χ2v) is 7.00. The van der Waals surface area contributed by atoms with E-state index in [0.717, 1.165) is 28.4 Å². The summed E-state index contributed by atoms with van der Waals surface area (Å²) >= 11 is 5.81. The van der Waals surface area contributed by atoms with Gasteiger partial charge in [-0.2, -0.15) is 0 Å². The van der Waals surface area contributed by atoms with Gasteiger partial charge in [-0.3, -0.25) is 25.1 Å². The largest absolute Gasteiger partial charge is 0.322 e. The molecule has 8 nitrogen and oxygen atoms in total. The third-order valence-electron chi connectivity index (χ3n) is 4.05. The number of amides is 2. The predicted molar refractivity (Wildman–Crippen MR) is 112 cm³/mol. The molecule has 29 heavy (non-hydrogen) atoms. The second-order valence-electron chi connectivity index (χ2n) is 6.59. The van der Waals surface area contributed by atoms with E-state index in [1.54, 1.807) is 6.92 Å². The Bertz CT molecular complexity index is 995. The standard InChI is InChI=1S/C20H21ClN4O4/c1-11-7-12(2)19(13(3)8-11)22-18(26)9-14(4)23-24-20(27)15-5-6-17(25(28)29)16(21)10-15/h5-10,23H,1-4H3,(H,22,26)(H,24,27). The van der Waals surface area contributed by atoms with Gasteiger partial charge < -0.3 is 10.7 Å². The number of allylic oxidation sites excluding steroid dienone is 1. The first-order valence-electron chi connectivity index (χ1n) is 8.66. The molecule has 0 saturated carbocycles. The van der Waals surface area contributed by atoms with Crippen LogP contribution in [0.15, 0.2) is 42.1 Å². The maximum Gasteiger partial charge on any atom is 0.287 e. The summed E-state index contributed by atoms with van der Waals surface area (Å²) in [5, 5.41) is 13.5. The molecule has 0 unspecified atom stereocenters. The summed E-state index contributed by atoms with van der Waals surface area (Å²) in [4.78, 5) is 34.5. The highest BCUT2D eigenvalue weighted by Gasteiger charge is 2.15. The average Bonchev–Trinajstić information content (AvgIpc) is 2.62. The zero-order valence-electron chi connectivity index (χ0n) is 16.4. The van der Waals surface area contributed by atoms with Crippen molar-refractivity contribution in [2.75, 3.05) is 5.32 Å². The Morgan fingerprint density at radius 3 is 2.24 bits per heavy atom. The van der Waals surface area contributed by atoms with Crippen molar-refractivity contribution in [1.82, 2.24) is 10.9 Å². The Hall–Kier alpha value is -3.39. The first-order valence-corrected chi connectivity index (χ1v) is 9.03.